The Labute approximate surface area is 97.5 Å². The molecule has 0 aliphatic carbocycles. The lowest BCUT2D eigenvalue weighted by molar-refractivity contribution is 0.0691. The van der Waals surface area contributed by atoms with Crippen molar-refractivity contribution in [1.29, 1.82) is 0 Å². The second kappa shape index (κ2) is 4.65. The number of hydrogen-bond acceptors (Lipinski definition) is 4. The van der Waals surface area contributed by atoms with E-state index in [4.69, 9.17) is 9.84 Å². The summed E-state index contributed by atoms with van der Waals surface area (Å²) in [7, 11) is 1.84. The van der Waals surface area contributed by atoms with E-state index in [9.17, 15) is 4.79 Å². The Bertz CT molecular complexity index is 536. The van der Waals surface area contributed by atoms with Crippen LogP contribution in [0.25, 0.3) is 0 Å². The van der Waals surface area contributed by atoms with E-state index in [1.807, 2.05) is 7.05 Å². The van der Waals surface area contributed by atoms with Crippen molar-refractivity contribution < 1.29 is 14.6 Å². The van der Waals surface area contributed by atoms with Gasteiger partial charge >= 0.3 is 5.97 Å². The van der Waals surface area contributed by atoms with Gasteiger partial charge in [-0.1, -0.05) is 0 Å². The Hall–Kier alpha value is -2.37. The van der Waals surface area contributed by atoms with E-state index in [0.29, 0.717) is 0 Å². The lowest BCUT2D eigenvalue weighted by Gasteiger charge is -2.08. The molecule has 0 amide bonds. The van der Waals surface area contributed by atoms with E-state index >= 15 is 0 Å². The van der Waals surface area contributed by atoms with Crippen LogP contribution < -0.4 is 4.74 Å². The second-order valence-corrected chi connectivity index (χ2v) is 3.46. The van der Waals surface area contributed by atoms with Crippen LogP contribution in [0.3, 0.4) is 0 Å². The molecule has 6 nitrogen and oxygen atoms in total. The monoisotopic (exact) mass is 233 g/mol. The molecule has 2 aromatic rings. The number of carboxylic acids is 1. The third-order valence-electron chi connectivity index (χ3n) is 2.31. The molecular weight excluding hydrogens is 222 g/mol. The largest absolute Gasteiger partial charge is 0.485 e. The van der Waals surface area contributed by atoms with Gasteiger partial charge in [0.1, 0.15) is 12.2 Å². The first-order valence-electron chi connectivity index (χ1n) is 4.94. The molecule has 0 spiro atoms. The van der Waals surface area contributed by atoms with E-state index in [0.717, 1.165) is 5.69 Å². The zero-order valence-corrected chi connectivity index (χ0v) is 9.20. The molecule has 2 rings (SSSR count). The molecule has 0 unspecified atom stereocenters. The average molecular weight is 233 g/mol. The van der Waals surface area contributed by atoms with Gasteiger partial charge in [0.05, 0.1) is 24.4 Å². The maximum atomic E-state index is 10.9. The Morgan fingerprint density at radius 2 is 2.29 bits per heavy atom. The van der Waals surface area contributed by atoms with Gasteiger partial charge in [-0.15, -0.1) is 0 Å². The number of hydrogen-bond donors (Lipinski definition) is 1. The van der Waals surface area contributed by atoms with E-state index in [2.05, 4.69) is 9.97 Å². The van der Waals surface area contributed by atoms with E-state index in [1.165, 1.54) is 18.5 Å². The van der Waals surface area contributed by atoms with Gasteiger partial charge in [0.25, 0.3) is 0 Å². The molecule has 88 valence electrons. The van der Waals surface area contributed by atoms with Gasteiger partial charge in [0.2, 0.25) is 0 Å². The molecule has 6 heteroatoms. The summed E-state index contributed by atoms with van der Waals surface area (Å²) in [4.78, 5) is 18.7. The lowest BCUT2D eigenvalue weighted by atomic mass is 10.2. The molecule has 2 aromatic heterocycles. The molecule has 0 aliphatic rings. The maximum absolute atomic E-state index is 10.9. The van der Waals surface area contributed by atoms with Crippen LogP contribution in [-0.2, 0) is 13.7 Å². The summed E-state index contributed by atoms with van der Waals surface area (Å²) in [6, 6.07) is 1.40. The lowest BCUT2D eigenvalue weighted by Crippen LogP contribution is -2.05. The number of rotatable bonds is 4. The van der Waals surface area contributed by atoms with Crippen LogP contribution in [0.4, 0.5) is 0 Å². The quantitative estimate of drug-likeness (QED) is 0.855. The topological polar surface area (TPSA) is 77.2 Å². The van der Waals surface area contributed by atoms with Crippen molar-refractivity contribution in [3.05, 3.63) is 42.2 Å². The van der Waals surface area contributed by atoms with Crippen molar-refractivity contribution in [3.8, 4) is 5.75 Å². The number of carbonyl (C=O) groups is 1. The summed E-state index contributed by atoms with van der Waals surface area (Å²) in [6.07, 6.45) is 6.12. The minimum absolute atomic E-state index is 0.0992. The average Bonchev–Trinajstić information content (AvgIpc) is 2.72. The van der Waals surface area contributed by atoms with Crippen LogP contribution in [0.5, 0.6) is 5.75 Å². The molecule has 2 heterocycles. The smallest absolute Gasteiger partial charge is 0.339 e. The van der Waals surface area contributed by atoms with Crippen molar-refractivity contribution >= 4 is 5.97 Å². The zero-order valence-electron chi connectivity index (χ0n) is 9.20. The molecule has 0 atom stereocenters. The Morgan fingerprint density at radius 3 is 2.94 bits per heavy atom. The minimum atomic E-state index is -1.03. The maximum Gasteiger partial charge on any atom is 0.339 e. The van der Waals surface area contributed by atoms with Crippen molar-refractivity contribution in [2.24, 2.45) is 7.05 Å². The van der Waals surface area contributed by atoms with Crippen LogP contribution in [0.1, 0.15) is 16.1 Å². The summed E-state index contributed by atoms with van der Waals surface area (Å²) in [5, 5.41) is 8.95. The van der Waals surface area contributed by atoms with Gasteiger partial charge in [-0.3, -0.25) is 4.98 Å². The third-order valence-corrected chi connectivity index (χ3v) is 2.31. The van der Waals surface area contributed by atoms with Crippen molar-refractivity contribution in [2.45, 2.75) is 6.61 Å². The van der Waals surface area contributed by atoms with Crippen LogP contribution in [0.15, 0.2) is 31.0 Å². The highest BCUT2D eigenvalue weighted by molar-refractivity contribution is 5.90. The van der Waals surface area contributed by atoms with E-state index < -0.39 is 5.97 Å². The first-order valence-corrected chi connectivity index (χ1v) is 4.94. The highest BCUT2D eigenvalue weighted by atomic mass is 16.5. The Kier molecular flexibility index (Phi) is 3.04. The normalized spacial score (nSPS) is 10.2. The molecular formula is C11H11N3O3. The number of nitrogens with zero attached hydrogens (tertiary/aromatic N) is 3. The number of ether oxygens (including phenoxy) is 1. The molecule has 17 heavy (non-hydrogen) atoms. The Balaban J connectivity index is 2.14. The van der Waals surface area contributed by atoms with Crippen molar-refractivity contribution in [2.75, 3.05) is 0 Å². The van der Waals surface area contributed by atoms with Gasteiger partial charge in [0, 0.05) is 13.2 Å². The summed E-state index contributed by atoms with van der Waals surface area (Å²) in [5.41, 5.74) is 0.951. The molecule has 0 bridgehead atoms. The fourth-order valence-electron chi connectivity index (χ4n) is 1.35. The zero-order chi connectivity index (χ0) is 12.3. The van der Waals surface area contributed by atoms with E-state index in [1.54, 1.807) is 17.1 Å². The summed E-state index contributed by atoms with van der Waals surface area (Å²) < 4.78 is 7.22. The predicted molar refractivity (Wildman–Crippen MR) is 58.7 cm³/mol. The van der Waals surface area contributed by atoms with Gasteiger partial charge in [-0.05, 0) is 6.07 Å². The minimum Gasteiger partial charge on any atom is -0.485 e. The molecule has 0 radical (unpaired) electrons. The fourth-order valence-corrected chi connectivity index (χ4v) is 1.35. The Morgan fingerprint density at radius 1 is 1.47 bits per heavy atom. The second-order valence-electron chi connectivity index (χ2n) is 3.46. The molecule has 0 saturated carbocycles. The third kappa shape index (κ3) is 2.41. The molecule has 0 fully saturated rings. The summed E-state index contributed by atoms with van der Waals surface area (Å²) >= 11 is 0. The molecule has 1 N–H and O–H groups in total. The van der Waals surface area contributed by atoms with Crippen LogP contribution in [-0.4, -0.2) is 25.6 Å². The number of imidazole rings is 1. The highest BCUT2D eigenvalue weighted by Gasteiger charge is 2.11. The number of carboxylic acid groups (broad SMARTS) is 1. The van der Waals surface area contributed by atoms with Crippen LogP contribution >= 0.6 is 0 Å². The van der Waals surface area contributed by atoms with Gasteiger partial charge < -0.3 is 14.4 Å². The summed E-state index contributed by atoms with van der Waals surface area (Å²) in [6.45, 7) is 0.252. The number of aryl methyl sites for hydroxylation is 1. The number of pyridine rings is 1. The van der Waals surface area contributed by atoms with Crippen LogP contribution in [0.2, 0.25) is 0 Å². The van der Waals surface area contributed by atoms with Crippen molar-refractivity contribution in [1.82, 2.24) is 14.5 Å². The SMILES string of the molecule is Cn1cncc1COc1cnccc1C(=O)O. The first kappa shape index (κ1) is 11.1. The van der Waals surface area contributed by atoms with E-state index in [-0.39, 0.29) is 17.9 Å². The molecule has 0 aromatic carbocycles. The predicted octanol–water partition coefficient (Wildman–Crippen LogP) is 1.09. The molecule has 0 aliphatic heterocycles. The van der Waals surface area contributed by atoms with Crippen LogP contribution in [0, 0.1) is 0 Å². The van der Waals surface area contributed by atoms with Gasteiger partial charge in [-0.2, -0.15) is 0 Å². The fraction of sp³-hybridized carbons (Fsp3) is 0.182. The highest BCUT2D eigenvalue weighted by Crippen LogP contribution is 2.17. The van der Waals surface area contributed by atoms with Gasteiger partial charge in [-0.25, -0.2) is 9.78 Å². The number of aromatic carboxylic acids is 1. The number of aromatic nitrogens is 3. The summed E-state index contributed by atoms with van der Waals surface area (Å²) in [5.74, 6) is -0.784. The molecule has 0 saturated heterocycles. The first-order chi connectivity index (χ1) is 8.18. The van der Waals surface area contributed by atoms with Crippen molar-refractivity contribution in [3.63, 3.8) is 0 Å². The standard InChI is InChI=1S/C11H11N3O3/c1-14-7-13-4-8(14)6-17-10-5-12-3-2-9(10)11(15)16/h2-5,7H,6H2,1H3,(H,15,16). The van der Waals surface area contributed by atoms with Gasteiger partial charge in [0.15, 0.2) is 5.75 Å².